The van der Waals surface area contributed by atoms with E-state index < -0.39 is 10.8 Å². The van der Waals surface area contributed by atoms with Crippen molar-refractivity contribution >= 4 is 16.7 Å². The maximum atomic E-state index is 12.8. The number of piperidine rings is 1. The Bertz CT molecular complexity index is 737. The lowest BCUT2D eigenvalue weighted by molar-refractivity contribution is 0.0690. The van der Waals surface area contributed by atoms with Gasteiger partial charge in [0, 0.05) is 41.5 Å². The Kier molecular flexibility index (Phi) is 6.03. The van der Waals surface area contributed by atoms with E-state index in [-0.39, 0.29) is 5.91 Å². The third kappa shape index (κ3) is 5.02. The predicted octanol–water partition coefficient (Wildman–Crippen LogP) is 3.66. The van der Waals surface area contributed by atoms with Gasteiger partial charge in [-0.15, -0.1) is 0 Å². The summed E-state index contributed by atoms with van der Waals surface area (Å²) in [6.45, 7) is 1.64. The zero-order valence-electron chi connectivity index (χ0n) is 14.7. The molecular formula is C21H25NO2S. The van der Waals surface area contributed by atoms with Crippen molar-refractivity contribution in [3.05, 3.63) is 71.3 Å². The SMILES string of the molecule is CS(=O)Cc1cccc(C(=O)N2CCC(Cc3ccccc3)CC2)c1. The van der Waals surface area contributed by atoms with Crippen molar-refractivity contribution in [3.63, 3.8) is 0 Å². The zero-order valence-corrected chi connectivity index (χ0v) is 15.5. The lowest BCUT2D eigenvalue weighted by Crippen LogP contribution is -2.38. The van der Waals surface area contributed by atoms with Crippen LogP contribution < -0.4 is 0 Å². The molecule has 0 aromatic heterocycles. The van der Waals surface area contributed by atoms with Crippen molar-refractivity contribution in [2.24, 2.45) is 5.92 Å². The van der Waals surface area contributed by atoms with Gasteiger partial charge in [-0.1, -0.05) is 42.5 Å². The molecule has 2 aromatic rings. The summed E-state index contributed by atoms with van der Waals surface area (Å²) in [5.41, 5.74) is 3.06. The molecule has 0 N–H and O–H groups in total. The minimum Gasteiger partial charge on any atom is -0.339 e. The van der Waals surface area contributed by atoms with Crippen molar-refractivity contribution < 1.29 is 9.00 Å². The number of hydrogen-bond acceptors (Lipinski definition) is 2. The Morgan fingerprint density at radius 3 is 2.40 bits per heavy atom. The standard InChI is InChI=1S/C21H25NO2S/c1-25(24)16-19-8-5-9-20(15-19)21(23)22-12-10-18(11-13-22)14-17-6-3-2-4-7-17/h2-9,15,18H,10-14,16H2,1H3. The van der Waals surface area contributed by atoms with Gasteiger partial charge >= 0.3 is 0 Å². The molecule has 1 atom stereocenters. The van der Waals surface area contributed by atoms with Crippen LogP contribution in [0.3, 0.4) is 0 Å². The maximum absolute atomic E-state index is 12.8. The molecular weight excluding hydrogens is 330 g/mol. The normalized spacial score (nSPS) is 16.6. The highest BCUT2D eigenvalue weighted by Crippen LogP contribution is 2.23. The van der Waals surface area contributed by atoms with Crippen molar-refractivity contribution in [2.45, 2.75) is 25.0 Å². The summed E-state index contributed by atoms with van der Waals surface area (Å²) in [4.78, 5) is 14.7. The summed E-state index contributed by atoms with van der Waals surface area (Å²) < 4.78 is 11.4. The molecule has 1 saturated heterocycles. The number of carbonyl (C=O) groups is 1. The fraction of sp³-hybridized carbons (Fsp3) is 0.381. The molecule has 0 spiro atoms. The summed E-state index contributed by atoms with van der Waals surface area (Å²) in [5.74, 6) is 1.25. The van der Waals surface area contributed by atoms with E-state index in [2.05, 4.69) is 24.3 Å². The summed E-state index contributed by atoms with van der Waals surface area (Å²) in [7, 11) is -0.892. The van der Waals surface area contributed by atoms with Gasteiger partial charge in [0.25, 0.3) is 5.91 Å². The molecule has 1 aliphatic rings. The number of likely N-dealkylation sites (tertiary alicyclic amines) is 1. The summed E-state index contributed by atoms with van der Waals surface area (Å²) >= 11 is 0. The van der Waals surface area contributed by atoms with E-state index in [9.17, 15) is 9.00 Å². The first-order valence-electron chi connectivity index (χ1n) is 8.84. The van der Waals surface area contributed by atoms with E-state index in [4.69, 9.17) is 0 Å². The highest BCUT2D eigenvalue weighted by molar-refractivity contribution is 7.83. The van der Waals surface area contributed by atoms with Crippen molar-refractivity contribution in [2.75, 3.05) is 19.3 Å². The minimum absolute atomic E-state index is 0.0990. The predicted molar refractivity (Wildman–Crippen MR) is 103 cm³/mol. The molecule has 2 aromatic carbocycles. The first-order valence-corrected chi connectivity index (χ1v) is 10.6. The minimum atomic E-state index is -0.892. The average molecular weight is 356 g/mol. The van der Waals surface area contributed by atoms with Gasteiger partial charge in [0.15, 0.2) is 0 Å². The van der Waals surface area contributed by atoms with E-state index >= 15 is 0 Å². The lowest BCUT2D eigenvalue weighted by atomic mass is 9.90. The van der Waals surface area contributed by atoms with E-state index in [1.165, 1.54) is 5.56 Å². The van der Waals surface area contributed by atoms with Crippen LogP contribution in [0.25, 0.3) is 0 Å². The summed E-state index contributed by atoms with van der Waals surface area (Å²) in [5, 5.41) is 0. The Labute approximate surface area is 152 Å². The molecule has 3 rings (SSSR count). The van der Waals surface area contributed by atoms with Crippen molar-refractivity contribution in [3.8, 4) is 0 Å². The van der Waals surface area contributed by atoms with E-state index in [0.717, 1.165) is 37.9 Å². The quantitative estimate of drug-likeness (QED) is 0.821. The average Bonchev–Trinajstić information content (AvgIpc) is 2.62. The fourth-order valence-electron chi connectivity index (χ4n) is 3.50. The zero-order chi connectivity index (χ0) is 17.6. The Balaban J connectivity index is 1.57. The largest absolute Gasteiger partial charge is 0.339 e. The summed E-state index contributed by atoms with van der Waals surface area (Å²) in [6.07, 6.45) is 4.89. The van der Waals surface area contributed by atoms with Gasteiger partial charge in [0.05, 0.1) is 0 Å². The first-order chi connectivity index (χ1) is 12.1. The molecule has 25 heavy (non-hydrogen) atoms. The molecule has 0 aliphatic carbocycles. The number of nitrogens with zero attached hydrogens (tertiary/aromatic N) is 1. The van der Waals surface area contributed by atoms with Crippen LogP contribution in [-0.2, 0) is 23.0 Å². The van der Waals surface area contributed by atoms with Crippen LogP contribution in [-0.4, -0.2) is 34.4 Å². The molecule has 1 aliphatic heterocycles. The smallest absolute Gasteiger partial charge is 0.253 e. The number of carbonyl (C=O) groups excluding carboxylic acids is 1. The maximum Gasteiger partial charge on any atom is 0.253 e. The topological polar surface area (TPSA) is 37.4 Å². The van der Waals surface area contributed by atoms with Crippen molar-refractivity contribution in [1.29, 1.82) is 0 Å². The van der Waals surface area contributed by atoms with E-state index in [1.54, 1.807) is 6.26 Å². The molecule has 132 valence electrons. The van der Waals surface area contributed by atoms with Crippen LogP contribution in [0, 0.1) is 5.92 Å². The molecule has 3 nitrogen and oxygen atoms in total. The van der Waals surface area contributed by atoms with Crippen LogP contribution in [0.5, 0.6) is 0 Å². The second-order valence-corrected chi connectivity index (χ2v) is 8.28. The molecule has 4 heteroatoms. The van der Waals surface area contributed by atoms with Crippen LogP contribution >= 0.6 is 0 Å². The van der Waals surface area contributed by atoms with Gasteiger partial charge in [-0.2, -0.15) is 0 Å². The van der Waals surface area contributed by atoms with E-state index in [0.29, 0.717) is 17.2 Å². The number of hydrogen-bond donors (Lipinski definition) is 0. The Morgan fingerprint density at radius 2 is 1.72 bits per heavy atom. The highest BCUT2D eigenvalue weighted by atomic mass is 32.2. The van der Waals surface area contributed by atoms with Gasteiger partial charge in [0.1, 0.15) is 0 Å². The van der Waals surface area contributed by atoms with Crippen LogP contribution in [0.15, 0.2) is 54.6 Å². The third-order valence-corrected chi connectivity index (χ3v) is 5.55. The first kappa shape index (κ1) is 17.9. The fourth-order valence-corrected chi connectivity index (χ4v) is 4.15. The Hall–Kier alpha value is -1.94. The van der Waals surface area contributed by atoms with Crippen LogP contribution in [0.1, 0.15) is 34.3 Å². The lowest BCUT2D eigenvalue weighted by Gasteiger charge is -2.32. The molecule has 1 amide bonds. The van der Waals surface area contributed by atoms with Gasteiger partial charge in [-0.25, -0.2) is 0 Å². The molecule has 0 bridgehead atoms. The summed E-state index contributed by atoms with van der Waals surface area (Å²) in [6, 6.07) is 18.2. The second kappa shape index (κ2) is 8.43. The van der Waals surface area contributed by atoms with Crippen LogP contribution in [0.4, 0.5) is 0 Å². The highest BCUT2D eigenvalue weighted by Gasteiger charge is 2.23. The second-order valence-electron chi connectivity index (χ2n) is 6.84. The molecule has 0 saturated carbocycles. The monoisotopic (exact) mass is 355 g/mol. The van der Waals surface area contributed by atoms with Gasteiger partial charge in [0.2, 0.25) is 0 Å². The molecule has 1 fully saturated rings. The Morgan fingerprint density at radius 1 is 1.04 bits per heavy atom. The number of amides is 1. The molecule has 1 unspecified atom stereocenters. The number of rotatable bonds is 5. The van der Waals surface area contributed by atoms with Crippen molar-refractivity contribution in [1.82, 2.24) is 4.90 Å². The third-order valence-electron chi connectivity index (χ3n) is 4.81. The van der Waals surface area contributed by atoms with Gasteiger partial charge in [-0.3, -0.25) is 9.00 Å². The van der Waals surface area contributed by atoms with Gasteiger partial charge in [-0.05, 0) is 48.4 Å². The van der Waals surface area contributed by atoms with Gasteiger partial charge < -0.3 is 4.90 Å². The molecule has 1 heterocycles. The number of benzene rings is 2. The van der Waals surface area contributed by atoms with E-state index in [1.807, 2.05) is 35.2 Å². The molecule has 0 radical (unpaired) electrons. The van der Waals surface area contributed by atoms with Crippen LogP contribution in [0.2, 0.25) is 0 Å².